The van der Waals surface area contributed by atoms with Gasteiger partial charge in [-0.15, -0.1) is 11.3 Å². The van der Waals surface area contributed by atoms with Crippen molar-refractivity contribution in [3.63, 3.8) is 0 Å². The Morgan fingerprint density at radius 1 is 1.36 bits per heavy atom. The van der Waals surface area contributed by atoms with Crippen LogP contribution in [0.15, 0.2) is 0 Å². The lowest BCUT2D eigenvalue weighted by molar-refractivity contribution is -0.137. The molecule has 0 bridgehead atoms. The minimum Gasteiger partial charge on any atom is -0.376 e. The number of hydrogen-bond donors (Lipinski definition) is 1. The third-order valence-electron chi connectivity index (χ3n) is 4.09. The number of thiazole rings is 1. The molecule has 0 aliphatic carbocycles. The van der Waals surface area contributed by atoms with Crippen LogP contribution in [-0.4, -0.2) is 47.5 Å². The van der Waals surface area contributed by atoms with Gasteiger partial charge in [-0.05, 0) is 32.1 Å². The van der Waals surface area contributed by atoms with E-state index in [1.54, 1.807) is 4.90 Å². The molecule has 1 aliphatic heterocycles. The number of rotatable bonds is 6. The summed E-state index contributed by atoms with van der Waals surface area (Å²) in [7, 11) is 0. The molecule has 0 aromatic carbocycles. The molecular formula is C18H29N3O3S. The van der Waals surface area contributed by atoms with Crippen molar-refractivity contribution in [3.05, 3.63) is 10.6 Å². The normalized spacial score (nSPS) is 17.6. The van der Waals surface area contributed by atoms with Gasteiger partial charge in [0, 0.05) is 24.4 Å². The highest BCUT2D eigenvalue weighted by Gasteiger charge is 2.27. The third-order valence-corrected chi connectivity index (χ3v) is 5.08. The monoisotopic (exact) mass is 367 g/mol. The summed E-state index contributed by atoms with van der Waals surface area (Å²) in [6, 6.07) is 0. The minimum absolute atomic E-state index is 0.00958. The number of nitrogens with one attached hydrogen (secondary N) is 1. The fourth-order valence-electron chi connectivity index (χ4n) is 2.71. The molecule has 7 heteroatoms. The fourth-order valence-corrected chi connectivity index (χ4v) is 3.54. The first-order chi connectivity index (χ1) is 11.6. The predicted octanol–water partition coefficient (Wildman–Crippen LogP) is 3.14. The van der Waals surface area contributed by atoms with Gasteiger partial charge in [0.2, 0.25) is 11.8 Å². The quantitative estimate of drug-likeness (QED) is 0.838. The van der Waals surface area contributed by atoms with E-state index in [2.05, 4.69) is 10.3 Å². The first-order valence-electron chi connectivity index (χ1n) is 8.77. The maximum Gasteiger partial charge on any atom is 0.245 e. The van der Waals surface area contributed by atoms with Gasteiger partial charge in [-0.2, -0.15) is 0 Å². The van der Waals surface area contributed by atoms with Gasteiger partial charge < -0.3 is 15.0 Å². The Morgan fingerprint density at radius 3 is 2.60 bits per heavy atom. The van der Waals surface area contributed by atoms with E-state index in [-0.39, 0.29) is 29.9 Å². The number of hydrogen-bond acceptors (Lipinski definition) is 5. The molecule has 1 saturated heterocycles. The average molecular weight is 368 g/mol. The van der Waals surface area contributed by atoms with Crippen molar-refractivity contribution in [1.82, 2.24) is 9.88 Å². The Kier molecular flexibility index (Phi) is 6.57. The standard InChI is InChI=1S/C18H29N3O3S/c1-12-13(2)25-17(19-12)20-15(22)11-21(10-14-7-6-8-24-14)16(23)9-18(3,4)5/h14H,6-11H2,1-5H3,(H,19,20,22)/t14-/m0/s1. The number of nitrogens with zero attached hydrogens (tertiary/aromatic N) is 2. The van der Waals surface area contributed by atoms with Crippen molar-refractivity contribution in [1.29, 1.82) is 0 Å². The molecule has 0 radical (unpaired) electrons. The summed E-state index contributed by atoms with van der Waals surface area (Å²) in [6.07, 6.45) is 2.38. The van der Waals surface area contributed by atoms with E-state index in [9.17, 15) is 9.59 Å². The highest BCUT2D eigenvalue weighted by atomic mass is 32.1. The van der Waals surface area contributed by atoms with Gasteiger partial charge >= 0.3 is 0 Å². The van der Waals surface area contributed by atoms with Gasteiger partial charge in [-0.3, -0.25) is 9.59 Å². The second-order valence-electron chi connectivity index (χ2n) is 7.86. The molecule has 1 atom stereocenters. The summed E-state index contributed by atoms with van der Waals surface area (Å²) in [5.74, 6) is -0.223. The van der Waals surface area contributed by atoms with Gasteiger partial charge in [0.05, 0.1) is 11.8 Å². The fraction of sp³-hybridized carbons (Fsp3) is 0.722. The molecule has 0 spiro atoms. The summed E-state index contributed by atoms with van der Waals surface area (Å²) in [6.45, 7) is 11.2. The first kappa shape index (κ1) is 19.8. The summed E-state index contributed by atoms with van der Waals surface area (Å²) in [5.41, 5.74) is 0.798. The molecular weight excluding hydrogens is 338 g/mol. The van der Waals surface area contributed by atoms with Crippen LogP contribution in [0.3, 0.4) is 0 Å². The Balaban J connectivity index is 2.00. The molecule has 6 nitrogen and oxygen atoms in total. The average Bonchev–Trinajstić information content (AvgIpc) is 3.07. The molecule has 0 unspecified atom stereocenters. The number of amides is 2. The van der Waals surface area contributed by atoms with Crippen molar-refractivity contribution in [2.45, 2.75) is 60.0 Å². The van der Waals surface area contributed by atoms with Crippen molar-refractivity contribution in [3.8, 4) is 0 Å². The first-order valence-corrected chi connectivity index (χ1v) is 9.59. The van der Waals surface area contributed by atoms with Gasteiger partial charge in [0.15, 0.2) is 5.13 Å². The smallest absolute Gasteiger partial charge is 0.245 e. The van der Waals surface area contributed by atoms with E-state index in [4.69, 9.17) is 4.74 Å². The van der Waals surface area contributed by atoms with Gasteiger partial charge in [-0.1, -0.05) is 20.8 Å². The molecule has 140 valence electrons. The number of carbonyl (C=O) groups is 2. The molecule has 1 aromatic rings. The summed E-state index contributed by atoms with van der Waals surface area (Å²) < 4.78 is 5.65. The molecule has 1 aromatic heterocycles. The minimum atomic E-state index is -0.214. The van der Waals surface area contributed by atoms with Crippen LogP contribution in [0.2, 0.25) is 0 Å². The van der Waals surface area contributed by atoms with Crippen LogP contribution in [0, 0.1) is 19.3 Å². The highest BCUT2D eigenvalue weighted by Crippen LogP contribution is 2.23. The second-order valence-corrected chi connectivity index (χ2v) is 9.06. The Labute approximate surface area is 154 Å². The van der Waals surface area contributed by atoms with E-state index >= 15 is 0 Å². The topological polar surface area (TPSA) is 71.5 Å². The van der Waals surface area contributed by atoms with Crippen molar-refractivity contribution in [2.75, 3.05) is 25.0 Å². The van der Waals surface area contributed by atoms with Crippen LogP contribution in [0.5, 0.6) is 0 Å². The SMILES string of the molecule is Cc1nc(NC(=O)CN(C[C@@H]2CCCO2)C(=O)CC(C)(C)C)sc1C. The Bertz CT molecular complexity index is 596. The maximum atomic E-state index is 12.7. The van der Waals surface area contributed by atoms with E-state index < -0.39 is 0 Å². The van der Waals surface area contributed by atoms with Crippen molar-refractivity contribution < 1.29 is 14.3 Å². The van der Waals surface area contributed by atoms with Crippen LogP contribution in [0.4, 0.5) is 5.13 Å². The largest absolute Gasteiger partial charge is 0.376 e. The van der Waals surface area contributed by atoms with Crippen molar-refractivity contribution >= 4 is 28.3 Å². The number of aryl methyl sites for hydroxylation is 2. The lowest BCUT2D eigenvalue weighted by Gasteiger charge is -2.28. The number of aromatic nitrogens is 1. The zero-order valence-corrected chi connectivity index (χ0v) is 16.7. The van der Waals surface area contributed by atoms with E-state index in [0.29, 0.717) is 18.1 Å². The van der Waals surface area contributed by atoms with Crippen LogP contribution >= 0.6 is 11.3 Å². The van der Waals surface area contributed by atoms with Gasteiger partial charge in [0.1, 0.15) is 6.54 Å². The lowest BCUT2D eigenvalue weighted by atomic mass is 9.91. The lowest BCUT2D eigenvalue weighted by Crippen LogP contribution is -2.43. The summed E-state index contributed by atoms with van der Waals surface area (Å²) in [5, 5.41) is 3.39. The molecule has 2 rings (SSSR count). The number of anilines is 1. The van der Waals surface area contributed by atoms with E-state index in [1.165, 1.54) is 11.3 Å². The van der Waals surface area contributed by atoms with Crippen LogP contribution < -0.4 is 5.32 Å². The van der Waals surface area contributed by atoms with Gasteiger partial charge in [0.25, 0.3) is 0 Å². The zero-order chi connectivity index (χ0) is 18.6. The number of carbonyl (C=O) groups excluding carboxylic acids is 2. The van der Waals surface area contributed by atoms with E-state index in [0.717, 1.165) is 30.0 Å². The molecule has 0 saturated carbocycles. The Morgan fingerprint density at radius 2 is 2.08 bits per heavy atom. The number of ether oxygens (including phenoxy) is 1. The summed E-state index contributed by atoms with van der Waals surface area (Å²) in [4.78, 5) is 32.1. The highest BCUT2D eigenvalue weighted by molar-refractivity contribution is 7.15. The zero-order valence-electron chi connectivity index (χ0n) is 15.8. The van der Waals surface area contributed by atoms with Crippen LogP contribution in [-0.2, 0) is 14.3 Å². The molecule has 1 fully saturated rings. The molecule has 25 heavy (non-hydrogen) atoms. The second kappa shape index (κ2) is 8.27. The predicted molar refractivity (Wildman–Crippen MR) is 99.8 cm³/mol. The van der Waals surface area contributed by atoms with Crippen molar-refractivity contribution in [2.24, 2.45) is 5.41 Å². The molecule has 1 aliphatic rings. The maximum absolute atomic E-state index is 12.7. The third kappa shape index (κ3) is 6.40. The Hall–Kier alpha value is -1.47. The molecule has 1 N–H and O–H groups in total. The summed E-state index contributed by atoms with van der Waals surface area (Å²) >= 11 is 1.45. The van der Waals surface area contributed by atoms with Crippen LogP contribution in [0.1, 0.15) is 50.6 Å². The molecule has 2 heterocycles. The molecule has 2 amide bonds. The van der Waals surface area contributed by atoms with E-state index in [1.807, 2.05) is 34.6 Å². The van der Waals surface area contributed by atoms with Crippen LogP contribution in [0.25, 0.3) is 0 Å². The van der Waals surface area contributed by atoms with Gasteiger partial charge in [-0.25, -0.2) is 4.98 Å².